The summed E-state index contributed by atoms with van der Waals surface area (Å²) in [5.74, 6) is 0.270. The van der Waals surface area contributed by atoms with E-state index in [4.69, 9.17) is 4.74 Å². The predicted octanol–water partition coefficient (Wildman–Crippen LogP) is 1.72. The van der Waals surface area contributed by atoms with E-state index in [0.717, 1.165) is 32.5 Å². The number of ether oxygens (including phenoxy) is 1. The van der Waals surface area contributed by atoms with Gasteiger partial charge < -0.3 is 14.5 Å². The van der Waals surface area contributed by atoms with Crippen LogP contribution >= 0.6 is 0 Å². The Balaban J connectivity index is 1.48. The van der Waals surface area contributed by atoms with Gasteiger partial charge in [0.05, 0.1) is 13.2 Å². The smallest absolute Gasteiger partial charge is 0.224 e. The number of likely N-dealkylation sites (N-methyl/N-ethyl adjacent to an activating group) is 1. The molecule has 0 aromatic heterocycles. The van der Waals surface area contributed by atoms with E-state index in [1.165, 1.54) is 17.5 Å². The molecular weight excluding hydrogens is 276 g/mol. The van der Waals surface area contributed by atoms with E-state index in [1.54, 1.807) is 0 Å². The molecule has 1 aliphatic carbocycles. The van der Waals surface area contributed by atoms with E-state index < -0.39 is 0 Å². The molecule has 1 aromatic carbocycles. The Labute approximate surface area is 133 Å². The summed E-state index contributed by atoms with van der Waals surface area (Å²) in [5.41, 5.74) is 2.97. The summed E-state index contributed by atoms with van der Waals surface area (Å²) in [7, 11) is 2.16. The third kappa shape index (κ3) is 3.68. The third-order valence-electron chi connectivity index (χ3n) is 4.99. The molecule has 1 fully saturated rings. The van der Waals surface area contributed by atoms with E-state index in [1.807, 2.05) is 4.90 Å². The quantitative estimate of drug-likeness (QED) is 0.849. The minimum absolute atomic E-state index is 0.270. The van der Waals surface area contributed by atoms with Gasteiger partial charge in [-0.2, -0.15) is 0 Å². The van der Waals surface area contributed by atoms with Crippen molar-refractivity contribution in [3.05, 3.63) is 35.4 Å². The van der Waals surface area contributed by atoms with Crippen LogP contribution in [0.2, 0.25) is 0 Å². The number of rotatable bonds is 4. The second kappa shape index (κ2) is 7.25. The van der Waals surface area contributed by atoms with Crippen molar-refractivity contribution in [2.75, 3.05) is 39.9 Å². The van der Waals surface area contributed by atoms with Crippen molar-refractivity contribution in [2.45, 2.75) is 31.7 Å². The molecule has 0 unspecified atom stereocenters. The predicted molar refractivity (Wildman–Crippen MR) is 86.9 cm³/mol. The summed E-state index contributed by atoms with van der Waals surface area (Å²) in [6.45, 7) is 3.71. The molecule has 3 rings (SSSR count). The number of hydrogen-bond acceptors (Lipinski definition) is 3. The Morgan fingerprint density at radius 3 is 2.77 bits per heavy atom. The molecule has 120 valence electrons. The molecule has 2 aliphatic rings. The summed E-state index contributed by atoms with van der Waals surface area (Å²) < 4.78 is 5.30. The maximum atomic E-state index is 12.2. The SMILES string of the molecule is CN(CCC(=O)N1CCOCC1)[C@@H]1CCc2ccccc2C1. The van der Waals surface area contributed by atoms with E-state index >= 15 is 0 Å². The molecule has 0 bridgehead atoms. The zero-order valence-corrected chi connectivity index (χ0v) is 13.5. The van der Waals surface area contributed by atoms with Crippen LogP contribution in [-0.4, -0.2) is 61.6 Å². The molecule has 4 heteroatoms. The molecule has 0 N–H and O–H groups in total. The van der Waals surface area contributed by atoms with Gasteiger partial charge in [0.2, 0.25) is 5.91 Å². The van der Waals surface area contributed by atoms with Crippen LogP contribution < -0.4 is 0 Å². The molecular formula is C18H26N2O2. The van der Waals surface area contributed by atoms with Crippen molar-refractivity contribution in [1.82, 2.24) is 9.80 Å². The fourth-order valence-corrected chi connectivity index (χ4v) is 3.48. The lowest BCUT2D eigenvalue weighted by atomic mass is 9.87. The Morgan fingerprint density at radius 2 is 2.00 bits per heavy atom. The van der Waals surface area contributed by atoms with E-state index in [2.05, 4.69) is 36.2 Å². The van der Waals surface area contributed by atoms with Gasteiger partial charge in [0.1, 0.15) is 0 Å². The van der Waals surface area contributed by atoms with E-state index in [0.29, 0.717) is 25.7 Å². The number of fused-ring (bicyclic) bond motifs is 1. The molecule has 1 atom stereocenters. The highest BCUT2D eigenvalue weighted by molar-refractivity contribution is 5.76. The van der Waals surface area contributed by atoms with Crippen molar-refractivity contribution in [3.8, 4) is 0 Å². The van der Waals surface area contributed by atoms with Crippen LogP contribution in [0.5, 0.6) is 0 Å². The van der Waals surface area contributed by atoms with Gasteiger partial charge in [-0.1, -0.05) is 24.3 Å². The van der Waals surface area contributed by atoms with Gasteiger partial charge in [-0.05, 0) is 37.4 Å². The zero-order chi connectivity index (χ0) is 15.4. The van der Waals surface area contributed by atoms with Gasteiger partial charge in [-0.15, -0.1) is 0 Å². The van der Waals surface area contributed by atoms with Crippen molar-refractivity contribution in [2.24, 2.45) is 0 Å². The number of benzene rings is 1. The summed E-state index contributed by atoms with van der Waals surface area (Å²) in [6, 6.07) is 9.31. The second-order valence-corrected chi connectivity index (χ2v) is 6.39. The van der Waals surface area contributed by atoms with Crippen LogP contribution in [0, 0.1) is 0 Å². The van der Waals surface area contributed by atoms with Crippen LogP contribution in [-0.2, 0) is 22.4 Å². The first-order valence-electron chi connectivity index (χ1n) is 8.36. The van der Waals surface area contributed by atoms with Gasteiger partial charge in [0.25, 0.3) is 0 Å². The van der Waals surface area contributed by atoms with Gasteiger partial charge in [0.15, 0.2) is 0 Å². The number of nitrogens with zero attached hydrogens (tertiary/aromatic N) is 2. The molecule has 1 amide bonds. The Morgan fingerprint density at radius 1 is 1.27 bits per heavy atom. The lowest BCUT2D eigenvalue weighted by Crippen LogP contribution is -2.43. The summed E-state index contributed by atoms with van der Waals surface area (Å²) in [5, 5.41) is 0. The Hall–Kier alpha value is -1.39. The van der Waals surface area contributed by atoms with E-state index in [9.17, 15) is 4.79 Å². The maximum absolute atomic E-state index is 12.2. The first-order chi connectivity index (χ1) is 10.7. The van der Waals surface area contributed by atoms with Gasteiger partial charge in [0, 0.05) is 32.1 Å². The highest BCUT2D eigenvalue weighted by Crippen LogP contribution is 2.23. The molecule has 1 saturated heterocycles. The number of carbonyl (C=O) groups is 1. The molecule has 22 heavy (non-hydrogen) atoms. The van der Waals surface area contributed by atoms with E-state index in [-0.39, 0.29) is 5.91 Å². The number of hydrogen-bond donors (Lipinski definition) is 0. The fourth-order valence-electron chi connectivity index (χ4n) is 3.48. The van der Waals surface area contributed by atoms with Gasteiger partial charge in [-0.3, -0.25) is 4.79 Å². The van der Waals surface area contributed by atoms with Crippen molar-refractivity contribution < 1.29 is 9.53 Å². The number of morpholine rings is 1. The van der Waals surface area contributed by atoms with Crippen LogP contribution in [0.3, 0.4) is 0 Å². The molecule has 4 nitrogen and oxygen atoms in total. The Kier molecular flexibility index (Phi) is 5.11. The highest BCUT2D eigenvalue weighted by atomic mass is 16.5. The largest absolute Gasteiger partial charge is 0.378 e. The molecule has 1 aliphatic heterocycles. The molecule has 0 spiro atoms. The van der Waals surface area contributed by atoms with Crippen molar-refractivity contribution in [3.63, 3.8) is 0 Å². The summed E-state index contributed by atoms with van der Waals surface area (Å²) in [6.07, 6.45) is 4.08. The van der Waals surface area contributed by atoms with Crippen LogP contribution in [0.4, 0.5) is 0 Å². The lowest BCUT2D eigenvalue weighted by molar-refractivity contribution is -0.135. The minimum atomic E-state index is 0.270. The van der Waals surface area contributed by atoms with Gasteiger partial charge >= 0.3 is 0 Å². The number of carbonyl (C=O) groups excluding carboxylic acids is 1. The van der Waals surface area contributed by atoms with Gasteiger partial charge in [-0.25, -0.2) is 0 Å². The average Bonchev–Trinajstić information content (AvgIpc) is 2.59. The number of amides is 1. The maximum Gasteiger partial charge on any atom is 0.224 e. The first kappa shape index (κ1) is 15.5. The monoisotopic (exact) mass is 302 g/mol. The molecule has 0 saturated carbocycles. The van der Waals surface area contributed by atoms with Crippen LogP contribution in [0.25, 0.3) is 0 Å². The fraction of sp³-hybridized carbons (Fsp3) is 0.611. The lowest BCUT2D eigenvalue weighted by Gasteiger charge is -2.33. The molecule has 1 heterocycles. The van der Waals surface area contributed by atoms with Crippen molar-refractivity contribution in [1.29, 1.82) is 0 Å². The standard InChI is InChI=1S/C18H26N2O2/c1-19(9-8-18(21)20-10-12-22-13-11-20)17-7-6-15-4-2-3-5-16(15)14-17/h2-5,17H,6-14H2,1H3/t17-/m1/s1. The summed E-state index contributed by atoms with van der Waals surface area (Å²) in [4.78, 5) is 16.5. The topological polar surface area (TPSA) is 32.8 Å². The molecule has 0 radical (unpaired) electrons. The normalized spacial score (nSPS) is 21.7. The molecule has 1 aromatic rings. The third-order valence-corrected chi connectivity index (χ3v) is 4.99. The van der Waals surface area contributed by atoms with Crippen LogP contribution in [0.1, 0.15) is 24.0 Å². The first-order valence-corrected chi connectivity index (χ1v) is 8.36. The average molecular weight is 302 g/mol. The van der Waals surface area contributed by atoms with Crippen LogP contribution in [0.15, 0.2) is 24.3 Å². The second-order valence-electron chi connectivity index (χ2n) is 6.39. The van der Waals surface area contributed by atoms with Crippen molar-refractivity contribution >= 4 is 5.91 Å². The Bertz CT molecular complexity index is 512. The highest BCUT2D eigenvalue weighted by Gasteiger charge is 2.23. The summed E-state index contributed by atoms with van der Waals surface area (Å²) >= 11 is 0. The zero-order valence-electron chi connectivity index (χ0n) is 13.5. The minimum Gasteiger partial charge on any atom is -0.378 e. The number of aryl methyl sites for hydroxylation is 1.